The first-order chi connectivity index (χ1) is 9.51. The molecule has 0 saturated heterocycles. The molecule has 1 heterocycles. The monoisotopic (exact) mass is 274 g/mol. The summed E-state index contributed by atoms with van der Waals surface area (Å²) < 4.78 is 5.16. The molecule has 0 aliphatic rings. The molecule has 1 aromatic carbocycles. The topological polar surface area (TPSA) is 93.0 Å². The Morgan fingerprint density at radius 3 is 2.75 bits per heavy atom. The third-order valence-electron chi connectivity index (χ3n) is 2.93. The van der Waals surface area contributed by atoms with Crippen molar-refractivity contribution >= 4 is 17.4 Å². The van der Waals surface area contributed by atoms with Gasteiger partial charge in [-0.05, 0) is 18.1 Å². The normalized spacial score (nSPS) is 10.6. The van der Waals surface area contributed by atoms with Gasteiger partial charge in [0.1, 0.15) is 5.75 Å². The lowest BCUT2D eigenvalue weighted by atomic mass is 10.1. The Balaban J connectivity index is 2.19. The van der Waals surface area contributed by atoms with E-state index in [0.717, 1.165) is 5.69 Å². The van der Waals surface area contributed by atoms with Crippen LogP contribution >= 0.6 is 0 Å². The molecule has 6 heteroatoms. The molecule has 4 N–H and O–H groups in total. The molecule has 0 aliphatic carbocycles. The van der Waals surface area contributed by atoms with Gasteiger partial charge in [-0.15, -0.1) is 0 Å². The fourth-order valence-corrected chi connectivity index (χ4v) is 1.78. The molecule has 20 heavy (non-hydrogen) atoms. The molecule has 2 aromatic rings. The van der Waals surface area contributed by atoms with E-state index in [0.29, 0.717) is 28.7 Å². The quantitative estimate of drug-likeness (QED) is 0.746. The highest BCUT2D eigenvalue weighted by Crippen LogP contribution is 2.23. The van der Waals surface area contributed by atoms with Gasteiger partial charge in [-0.2, -0.15) is 5.10 Å². The minimum absolute atomic E-state index is 0.288. The lowest BCUT2D eigenvalue weighted by Crippen LogP contribution is -2.13. The third kappa shape index (κ3) is 2.90. The number of aromatic nitrogens is 2. The summed E-state index contributed by atoms with van der Waals surface area (Å²) in [5, 5.41) is 9.66. The molecular formula is C14H18N4O2. The number of ether oxygens (including phenoxy) is 1. The van der Waals surface area contributed by atoms with E-state index < -0.39 is 0 Å². The fourth-order valence-electron chi connectivity index (χ4n) is 1.78. The van der Waals surface area contributed by atoms with E-state index in [1.807, 2.05) is 19.9 Å². The molecule has 0 radical (unpaired) electrons. The second-order valence-electron chi connectivity index (χ2n) is 4.78. The van der Waals surface area contributed by atoms with Gasteiger partial charge in [0.25, 0.3) is 5.91 Å². The number of hydrogen-bond donors (Lipinski definition) is 3. The summed E-state index contributed by atoms with van der Waals surface area (Å²) >= 11 is 0. The zero-order valence-corrected chi connectivity index (χ0v) is 11.7. The Kier molecular flexibility index (Phi) is 3.93. The smallest absolute Gasteiger partial charge is 0.260 e. The number of aromatic amines is 1. The second-order valence-corrected chi connectivity index (χ2v) is 4.78. The van der Waals surface area contributed by atoms with Crippen molar-refractivity contribution in [3.8, 4) is 5.75 Å². The number of nitrogens with one attached hydrogen (secondary N) is 2. The Hall–Kier alpha value is -2.50. The largest absolute Gasteiger partial charge is 0.496 e. The van der Waals surface area contributed by atoms with Gasteiger partial charge >= 0.3 is 0 Å². The van der Waals surface area contributed by atoms with E-state index in [4.69, 9.17) is 10.5 Å². The van der Waals surface area contributed by atoms with Crippen LogP contribution in [0.1, 0.15) is 35.8 Å². The average Bonchev–Trinajstić information content (AvgIpc) is 2.87. The number of amides is 1. The van der Waals surface area contributed by atoms with E-state index in [2.05, 4.69) is 15.5 Å². The van der Waals surface area contributed by atoms with Crippen molar-refractivity contribution in [1.29, 1.82) is 0 Å². The molecule has 0 fully saturated rings. The van der Waals surface area contributed by atoms with E-state index in [-0.39, 0.29) is 5.91 Å². The summed E-state index contributed by atoms with van der Waals surface area (Å²) in [5.74, 6) is 0.947. The van der Waals surface area contributed by atoms with Crippen LogP contribution in [0, 0.1) is 0 Å². The molecule has 0 aliphatic heterocycles. The summed E-state index contributed by atoms with van der Waals surface area (Å²) in [5.41, 5.74) is 7.58. The van der Waals surface area contributed by atoms with Gasteiger partial charge in [0.05, 0.1) is 12.7 Å². The number of methoxy groups -OCH3 is 1. The molecular weight excluding hydrogens is 256 g/mol. The Morgan fingerprint density at radius 2 is 2.15 bits per heavy atom. The first-order valence-electron chi connectivity index (χ1n) is 6.31. The SMILES string of the molecule is COc1cc(N)ccc1C(=O)Nc1cc(C(C)C)[nH]n1. The van der Waals surface area contributed by atoms with E-state index in [1.165, 1.54) is 7.11 Å². The zero-order chi connectivity index (χ0) is 14.7. The van der Waals surface area contributed by atoms with Crippen LogP contribution in [0.15, 0.2) is 24.3 Å². The molecule has 0 saturated carbocycles. The van der Waals surface area contributed by atoms with Crippen molar-refractivity contribution in [2.45, 2.75) is 19.8 Å². The van der Waals surface area contributed by atoms with Crippen LogP contribution in [-0.4, -0.2) is 23.2 Å². The minimum atomic E-state index is -0.288. The number of anilines is 2. The predicted octanol–water partition coefficient (Wildman–Crippen LogP) is 2.38. The van der Waals surface area contributed by atoms with Crippen LogP contribution in [0.3, 0.4) is 0 Å². The number of hydrogen-bond acceptors (Lipinski definition) is 4. The number of carbonyl (C=O) groups is 1. The van der Waals surface area contributed by atoms with Crippen LogP contribution < -0.4 is 15.8 Å². The zero-order valence-electron chi connectivity index (χ0n) is 11.7. The summed E-state index contributed by atoms with van der Waals surface area (Å²) in [6, 6.07) is 6.70. The lowest BCUT2D eigenvalue weighted by molar-refractivity contribution is 0.102. The summed E-state index contributed by atoms with van der Waals surface area (Å²) in [4.78, 5) is 12.2. The highest BCUT2D eigenvalue weighted by Gasteiger charge is 2.14. The van der Waals surface area contributed by atoms with Gasteiger partial charge in [-0.3, -0.25) is 9.89 Å². The Morgan fingerprint density at radius 1 is 1.40 bits per heavy atom. The lowest BCUT2D eigenvalue weighted by Gasteiger charge is -2.08. The van der Waals surface area contributed by atoms with Gasteiger partial charge in [0.15, 0.2) is 5.82 Å². The molecule has 2 rings (SSSR count). The average molecular weight is 274 g/mol. The van der Waals surface area contributed by atoms with Crippen molar-refractivity contribution in [2.75, 3.05) is 18.2 Å². The van der Waals surface area contributed by atoms with Gasteiger partial charge in [0.2, 0.25) is 0 Å². The van der Waals surface area contributed by atoms with Gasteiger partial charge in [0, 0.05) is 23.5 Å². The molecule has 0 spiro atoms. The number of nitrogens with zero attached hydrogens (tertiary/aromatic N) is 1. The molecule has 0 unspecified atom stereocenters. The molecule has 1 aromatic heterocycles. The second kappa shape index (κ2) is 5.64. The number of nitrogens with two attached hydrogens (primary N) is 1. The highest BCUT2D eigenvalue weighted by molar-refractivity contribution is 6.06. The van der Waals surface area contributed by atoms with Crippen molar-refractivity contribution < 1.29 is 9.53 Å². The van der Waals surface area contributed by atoms with Crippen LogP contribution in [-0.2, 0) is 0 Å². The maximum Gasteiger partial charge on any atom is 0.260 e. The minimum Gasteiger partial charge on any atom is -0.496 e. The maximum absolute atomic E-state index is 12.2. The van der Waals surface area contributed by atoms with Crippen molar-refractivity contribution in [3.05, 3.63) is 35.5 Å². The van der Waals surface area contributed by atoms with Crippen LogP contribution in [0.4, 0.5) is 11.5 Å². The number of carbonyl (C=O) groups excluding carboxylic acids is 1. The maximum atomic E-state index is 12.2. The standard InChI is InChI=1S/C14H18N4O2/c1-8(2)11-7-13(18-17-11)16-14(19)10-5-4-9(15)6-12(10)20-3/h4-8H,15H2,1-3H3,(H2,16,17,18,19). The first kappa shape index (κ1) is 13.9. The number of H-pyrrole nitrogens is 1. The number of nitrogen functional groups attached to an aromatic ring is 1. The van der Waals surface area contributed by atoms with Gasteiger partial charge in [-0.25, -0.2) is 0 Å². The summed E-state index contributed by atoms with van der Waals surface area (Å²) in [6.07, 6.45) is 0. The van der Waals surface area contributed by atoms with Gasteiger partial charge < -0.3 is 15.8 Å². The van der Waals surface area contributed by atoms with Crippen LogP contribution in [0.2, 0.25) is 0 Å². The van der Waals surface area contributed by atoms with Crippen molar-refractivity contribution in [1.82, 2.24) is 10.2 Å². The van der Waals surface area contributed by atoms with Crippen LogP contribution in [0.5, 0.6) is 5.75 Å². The predicted molar refractivity (Wildman–Crippen MR) is 78.0 cm³/mol. The fraction of sp³-hybridized carbons (Fsp3) is 0.286. The van der Waals surface area contributed by atoms with E-state index in [1.54, 1.807) is 18.2 Å². The Labute approximate surface area is 117 Å². The molecule has 106 valence electrons. The Bertz CT molecular complexity index is 619. The van der Waals surface area contributed by atoms with Crippen molar-refractivity contribution in [3.63, 3.8) is 0 Å². The van der Waals surface area contributed by atoms with E-state index >= 15 is 0 Å². The molecule has 6 nitrogen and oxygen atoms in total. The van der Waals surface area contributed by atoms with Crippen LogP contribution in [0.25, 0.3) is 0 Å². The molecule has 0 atom stereocenters. The summed E-state index contributed by atoms with van der Waals surface area (Å²) in [7, 11) is 1.50. The molecule has 1 amide bonds. The van der Waals surface area contributed by atoms with Crippen molar-refractivity contribution in [2.24, 2.45) is 0 Å². The summed E-state index contributed by atoms with van der Waals surface area (Å²) in [6.45, 7) is 4.09. The molecule has 0 bridgehead atoms. The third-order valence-corrected chi connectivity index (χ3v) is 2.93. The number of benzene rings is 1. The highest BCUT2D eigenvalue weighted by atomic mass is 16.5. The first-order valence-corrected chi connectivity index (χ1v) is 6.31. The number of rotatable bonds is 4. The van der Waals surface area contributed by atoms with Gasteiger partial charge in [-0.1, -0.05) is 13.8 Å². The van der Waals surface area contributed by atoms with E-state index in [9.17, 15) is 4.79 Å².